The van der Waals surface area contributed by atoms with Crippen LogP contribution in [0.4, 0.5) is 4.39 Å². The van der Waals surface area contributed by atoms with Crippen molar-refractivity contribution in [3.05, 3.63) is 78.1 Å². The molecule has 156 valence electrons. The second-order valence-corrected chi connectivity index (χ2v) is 7.97. The lowest BCUT2D eigenvalue weighted by Crippen LogP contribution is -2.49. The highest BCUT2D eigenvalue weighted by molar-refractivity contribution is 5.99. The number of amides is 1. The molecule has 2 atom stereocenters. The van der Waals surface area contributed by atoms with Gasteiger partial charge < -0.3 is 4.90 Å². The van der Waals surface area contributed by atoms with Crippen molar-refractivity contribution in [1.29, 1.82) is 5.26 Å². The summed E-state index contributed by atoms with van der Waals surface area (Å²) in [4.78, 5) is 27.7. The summed E-state index contributed by atoms with van der Waals surface area (Å²) in [6.07, 6.45) is 5.77. The number of likely N-dealkylation sites (tertiary alicyclic amines) is 1. The Hall–Kier alpha value is -3.66. The number of hydrogen-bond donors (Lipinski definition) is 0. The number of hydrogen-bond acceptors (Lipinski definition) is 5. The van der Waals surface area contributed by atoms with Crippen molar-refractivity contribution >= 4 is 5.91 Å². The molecule has 3 aromatic rings. The molecule has 1 aliphatic rings. The molecule has 1 amide bonds. The molecule has 0 bridgehead atoms. The Morgan fingerprint density at radius 3 is 2.71 bits per heavy atom. The van der Waals surface area contributed by atoms with Crippen molar-refractivity contribution in [3.63, 3.8) is 0 Å². The summed E-state index contributed by atoms with van der Waals surface area (Å²) in [6.45, 7) is 2.93. The van der Waals surface area contributed by atoms with Gasteiger partial charge in [0.05, 0.1) is 22.7 Å². The fraction of sp³-hybridized carbons (Fsp3) is 0.292. The zero-order valence-electron chi connectivity index (χ0n) is 17.2. The summed E-state index contributed by atoms with van der Waals surface area (Å²) in [7, 11) is 0. The van der Waals surface area contributed by atoms with Crippen LogP contribution >= 0.6 is 0 Å². The van der Waals surface area contributed by atoms with E-state index < -0.39 is 5.41 Å². The second kappa shape index (κ2) is 8.60. The summed E-state index contributed by atoms with van der Waals surface area (Å²) in [5.41, 5.74) is 1.92. The molecule has 0 radical (unpaired) electrons. The van der Waals surface area contributed by atoms with Crippen LogP contribution in [0.25, 0.3) is 11.4 Å². The number of nitriles is 1. The summed E-state index contributed by atoms with van der Waals surface area (Å²) < 4.78 is 13.3. The van der Waals surface area contributed by atoms with Crippen LogP contribution in [0.5, 0.6) is 0 Å². The molecule has 1 saturated heterocycles. The minimum atomic E-state index is -0.598. The monoisotopic (exact) mass is 415 g/mol. The van der Waals surface area contributed by atoms with Gasteiger partial charge >= 0.3 is 0 Å². The molecule has 0 saturated carbocycles. The van der Waals surface area contributed by atoms with Crippen LogP contribution in [0.15, 0.2) is 61.2 Å². The van der Waals surface area contributed by atoms with E-state index in [9.17, 15) is 14.4 Å². The van der Waals surface area contributed by atoms with E-state index in [4.69, 9.17) is 0 Å². The summed E-state index contributed by atoms with van der Waals surface area (Å²) in [5.74, 6) is -0.458. The van der Waals surface area contributed by atoms with E-state index in [2.05, 4.69) is 21.0 Å². The molecular weight excluding hydrogens is 393 g/mol. The number of carbonyl (C=O) groups excluding carboxylic acids is 1. The van der Waals surface area contributed by atoms with E-state index in [0.29, 0.717) is 42.9 Å². The van der Waals surface area contributed by atoms with Crippen molar-refractivity contribution < 1.29 is 9.18 Å². The molecule has 3 heterocycles. The number of rotatable bonds is 4. The van der Waals surface area contributed by atoms with Crippen LogP contribution < -0.4 is 0 Å². The number of pyridine rings is 1. The predicted octanol–water partition coefficient (Wildman–Crippen LogP) is 3.91. The third-order valence-electron chi connectivity index (χ3n) is 6.07. The maximum atomic E-state index is 13.4. The molecule has 0 N–H and O–H groups in total. The molecule has 1 aliphatic heterocycles. The molecule has 7 heteroatoms. The molecule has 0 unspecified atom stereocenters. The largest absolute Gasteiger partial charge is 0.338 e. The first kappa shape index (κ1) is 20.6. The van der Waals surface area contributed by atoms with Gasteiger partial charge in [0.15, 0.2) is 0 Å². The Morgan fingerprint density at radius 1 is 1.23 bits per heavy atom. The van der Waals surface area contributed by atoms with Crippen LogP contribution in [-0.4, -0.2) is 38.8 Å². The van der Waals surface area contributed by atoms with E-state index >= 15 is 0 Å². The van der Waals surface area contributed by atoms with Gasteiger partial charge in [-0.3, -0.25) is 9.78 Å². The Kier molecular flexibility index (Phi) is 5.72. The van der Waals surface area contributed by atoms with E-state index in [1.54, 1.807) is 47.6 Å². The number of piperidine rings is 1. The van der Waals surface area contributed by atoms with Gasteiger partial charge in [0.2, 0.25) is 0 Å². The van der Waals surface area contributed by atoms with E-state index in [-0.39, 0.29) is 17.6 Å². The summed E-state index contributed by atoms with van der Waals surface area (Å²) in [5, 5.41) is 10.0. The van der Waals surface area contributed by atoms with Crippen molar-refractivity contribution in [2.24, 2.45) is 11.3 Å². The normalized spacial score (nSPS) is 20.8. The second-order valence-electron chi connectivity index (χ2n) is 7.97. The molecule has 0 aliphatic carbocycles. The number of nitrogens with zero attached hydrogens (tertiary/aromatic N) is 5. The smallest absolute Gasteiger partial charge is 0.256 e. The van der Waals surface area contributed by atoms with Gasteiger partial charge in [-0.1, -0.05) is 19.1 Å². The van der Waals surface area contributed by atoms with Crippen molar-refractivity contribution in [2.75, 3.05) is 13.1 Å². The molecule has 6 nitrogen and oxygen atoms in total. The lowest BCUT2D eigenvalue weighted by molar-refractivity contribution is 0.0508. The van der Waals surface area contributed by atoms with Crippen molar-refractivity contribution in [1.82, 2.24) is 19.9 Å². The lowest BCUT2D eigenvalue weighted by Gasteiger charge is -2.42. The fourth-order valence-corrected chi connectivity index (χ4v) is 4.18. The molecule has 0 spiro atoms. The number of benzene rings is 1. The SMILES string of the molecule is C[C@H]1CN(C(=O)c2cccnc2-c2ccncn2)CC[C@]1(C#N)Cc1ccc(F)cc1. The predicted molar refractivity (Wildman–Crippen MR) is 113 cm³/mol. The van der Waals surface area contributed by atoms with Gasteiger partial charge in [0, 0.05) is 25.5 Å². The highest BCUT2D eigenvalue weighted by atomic mass is 19.1. The fourth-order valence-electron chi connectivity index (χ4n) is 4.18. The summed E-state index contributed by atoms with van der Waals surface area (Å²) in [6, 6.07) is 14.0. The summed E-state index contributed by atoms with van der Waals surface area (Å²) >= 11 is 0. The standard InChI is InChI=1S/C24H22FN5O/c1-17-14-30(12-9-24(17,15-26)13-18-4-6-19(25)7-5-18)23(31)20-3-2-10-28-22(20)21-8-11-27-16-29-21/h2-8,10-11,16-17H,9,12-14H2,1H3/t17-,24+/m0/s1. The van der Waals surface area contributed by atoms with Crippen LogP contribution in [0.3, 0.4) is 0 Å². The topological polar surface area (TPSA) is 82.8 Å². The van der Waals surface area contributed by atoms with E-state index in [1.807, 2.05) is 6.92 Å². The van der Waals surface area contributed by atoms with Crippen molar-refractivity contribution in [2.45, 2.75) is 19.8 Å². The maximum absolute atomic E-state index is 13.4. The maximum Gasteiger partial charge on any atom is 0.256 e. The number of halogens is 1. The van der Waals surface area contributed by atoms with Crippen LogP contribution in [0, 0.1) is 28.5 Å². The van der Waals surface area contributed by atoms with Crippen LogP contribution in [0.1, 0.15) is 29.3 Å². The molecule has 2 aromatic heterocycles. The average Bonchev–Trinajstić information content (AvgIpc) is 2.82. The third kappa shape index (κ3) is 4.15. The Morgan fingerprint density at radius 2 is 2.03 bits per heavy atom. The van der Waals surface area contributed by atoms with Crippen molar-refractivity contribution in [3.8, 4) is 17.5 Å². The Bertz CT molecular complexity index is 1110. The quantitative estimate of drug-likeness (QED) is 0.645. The van der Waals surface area contributed by atoms with E-state index in [1.165, 1.54) is 18.5 Å². The Labute approximate surface area is 180 Å². The molecule has 1 aromatic carbocycles. The highest BCUT2D eigenvalue weighted by Crippen LogP contribution is 2.39. The third-order valence-corrected chi connectivity index (χ3v) is 6.07. The van der Waals surface area contributed by atoms with E-state index in [0.717, 1.165) is 5.56 Å². The molecule has 1 fully saturated rings. The molecule has 4 rings (SSSR count). The number of carbonyl (C=O) groups is 1. The van der Waals surface area contributed by atoms with Gasteiger partial charge in [0.1, 0.15) is 17.8 Å². The zero-order chi connectivity index (χ0) is 21.8. The minimum Gasteiger partial charge on any atom is -0.338 e. The van der Waals surface area contributed by atoms with Gasteiger partial charge in [0.25, 0.3) is 5.91 Å². The first-order chi connectivity index (χ1) is 15.0. The van der Waals surface area contributed by atoms with Gasteiger partial charge in [-0.25, -0.2) is 14.4 Å². The van der Waals surface area contributed by atoms with Gasteiger partial charge in [-0.2, -0.15) is 5.26 Å². The zero-order valence-corrected chi connectivity index (χ0v) is 17.2. The van der Waals surface area contributed by atoms with Gasteiger partial charge in [-0.15, -0.1) is 0 Å². The first-order valence-electron chi connectivity index (χ1n) is 10.2. The van der Waals surface area contributed by atoms with Gasteiger partial charge in [-0.05, 0) is 54.7 Å². The van der Waals surface area contributed by atoms with Crippen LogP contribution in [-0.2, 0) is 6.42 Å². The lowest BCUT2D eigenvalue weighted by atomic mass is 9.68. The molecular formula is C24H22FN5O. The Balaban J connectivity index is 1.55. The average molecular weight is 415 g/mol. The number of aromatic nitrogens is 3. The molecule has 31 heavy (non-hydrogen) atoms. The highest BCUT2D eigenvalue weighted by Gasteiger charge is 2.42. The van der Waals surface area contributed by atoms with Crippen LogP contribution in [0.2, 0.25) is 0 Å². The first-order valence-corrected chi connectivity index (χ1v) is 10.2. The minimum absolute atomic E-state index is 0.0422.